The van der Waals surface area contributed by atoms with Crippen molar-refractivity contribution in [3.8, 4) is 0 Å². The molecule has 5 heteroatoms. The molecule has 1 aromatic rings. The van der Waals surface area contributed by atoms with Crippen LogP contribution in [-0.2, 0) is 5.41 Å². The Balaban J connectivity index is 3.09. The number of alkyl halides is 2. The number of rotatable bonds is 3. The van der Waals surface area contributed by atoms with E-state index in [4.69, 9.17) is 5.73 Å². The van der Waals surface area contributed by atoms with Gasteiger partial charge in [0.1, 0.15) is 0 Å². The maximum atomic E-state index is 12.7. The molecule has 0 radical (unpaired) electrons. The monoisotopic (exact) mass is 217 g/mol. The molecule has 1 atom stereocenters. The molecule has 0 saturated carbocycles. The molecule has 0 bridgehead atoms. The maximum absolute atomic E-state index is 12.7. The predicted octanol–water partition coefficient (Wildman–Crippen LogP) is 2.01. The van der Waals surface area contributed by atoms with E-state index in [0.717, 1.165) is 5.69 Å². The molecule has 1 aromatic heterocycles. The highest BCUT2D eigenvalue weighted by atomic mass is 19.3. The molecular formula is C10H17F2N3. The van der Waals surface area contributed by atoms with E-state index in [0.29, 0.717) is 5.56 Å². The van der Waals surface area contributed by atoms with Crippen molar-refractivity contribution in [1.29, 1.82) is 0 Å². The third-order valence-corrected chi connectivity index (χ3v) is 2.38. The van der Waals surface area contributed by atoms with E-state index in [2.05, 4.69) is 10.2 Å². The Morgan fingerprint density at radius 1 is 1.47 bits per heavy atom. The lowest BCUT2D eigenvalue weighted by Gasteiger charge is -2.22. The van der Waals surface area contributed by atoms with Crippen molar-refractivity contribution in [1.82, 2.24) is 10.2 Å². The summed E-state index contributed by atoms with van der Waals surface area (Å²) in [4.78, 5) is 0. The molecular weight excluding hydrogens is 200 g/mol. The van der Waals surface area contributed by atoms with Crippen molar-refractivity contribution in [2.75, 3.05) is 6.54 Å². The van der Waals surface area contributed by atoms with Gasteiger partial charge in [-0.3, -0.25) is 5.10 Å². The largest absolute Gasteiger partial charge is 0.330 e. The van der Waals surface area contributed by atoms with Gasteiger partial charge < -0.3 is 5.73 Å². The third kappa shape index (κ3) is 2.53. The molecule has 0 spiro atoms. The molecule has 0 aromatic carbocycles. The summed E-state index contributed by atoms with van der Waals surface area (Å²) in [5.41, 5.74) is 6.39. The molecule has 0 amide bonds. The van der Waals surface area contributed by atoms with Gasteiger partial charge in [-0.05, 0) is 0 Å². The normalized spacial score (nSPS) is 14.6. The highest BCUT2D eigenvalue weighted by Gasteiger charge is 2.29. The van der Waals surface area contributed by atoms with Crippen LogP contribution in [0.1, 0.15) is 37.9 Å². The lowest BCUT2D eigenvalue weighted by molar-refractivity contribution is 0.116. The van der Waals surface area contributed by atoms with Crippen LogP contribution in [0, 0.1) is 0 Å². The fourth-order valence-electron chi connectivity index (χ4n) is 1.54. The lowest BCUT2D eigenvalue weighted by atomic mass is 9.85. The van der Waals surface area contributed by atoms with Crippen LogP contribution in [0.3, 0.4) is 0 Å². The Kier molecular flexibility index (Phi) is 3.44. The first-order valence-corrected chi connectivity index (χ1v) is 4.90. The van der Waals surface area contributed by atoms with Gasteiger partial charge >= 0.3 is 0 Å². The Labute approximate surface area is 88.1 Å². The van der Waals surface area contributed by atoms with E-state index < -0.39 is 12.3 Å². The number of halogens is 2. The fourth-order valence-corrected chi connectivity index (χ4v) is 1.54. The van der Waals surface area contributed by atoms with Crippen molar-refractivity contribution in [3.63, 3.8) is 0 Å². The van der Waals surface area contributed by atoms with Crippen molar-refractivity contribution in [3.05, 3.63) is 17.5 Å². The van der Waals surface area contributed by atoms with Gasteiger partial charge in [-0.2, -0.15) is 5.10 Å². The van der Waals surface area contributed by atoms with Crippen molar-refractivity contribution < 1.29 is 8.78 Å². The smallest absolute Gasteiger partial charge is 0.246 e. The van der Waals surface area contributed by atoms with Crippen molar-refractivity contribution in [2.45, 2.75) is 38.5 Å². The molecule has 3 nitrogen and oxygen atoms in total. The van der Waals surface area contributed by atoms with Crippen molar-refractivity contribution >= 4 is 0 Å². The molecule has 1 unspecified atom stereocenters. The number of nitrogens with zero attached hydrogens (tertiary/aromatic N) is 1. The summed E-state index contributed by atoms with van der Waals surface area (Å²) < 4.78 is 25.4. The summed E-state index contributed by atoms with van der Waals surface area (Å²) in [6.45, 7) is 5.77. The van der Waals surface area contributed by atoms with Crippen molar-refractivity contribution in [2.24, 2.45) is 5.73 Å². The average molecular weight is 217 g/mol. The number of hydrogen-bond donors (Lipinski definition) is 2. The third-order valence-electron chi connectivity index (χ3n) is 2.38. The van der Waals surface area contributed by atoms with Gasteiger partial charge in [-0.1, -0.05) is 20.8 Å². The average Bonchev–Trinajstić information content (AvgIpc) is 2.52. The van der Waals surface area contributed by atoms with Crippen LogP contribution in [0.4, 0.5) is 8.78 Å². The second kappa shape index (κ2) is 4.26. The van der Waals surface area contributed by atoms with Gasteiger partial charge in [0.2, 0.25) is 6.43 Å². The summed E-state index contributed by atoms with van der Waals surface area (Å²) in [6.07, 6.45) is -1.00. The van der Waals surface area contributed by atoms with Gasteiger partial charge in [0, 0.05) is 23.2 Å². The maximum Gasteiger partial charge on any atom is 0.246 e. The van der Waals surface area contributed by atoms with E-state index in [1.165, 1.54) is 6.20 Å². The summed E-state index contributed by atoms with van der Waals surface area (Å²) in [6, 6.07) is 0. The lowest BCUT2D eigenvalue weighted by Crippen LogP contribution is -2.23. The molecule has 0 aliphatic heterocycles. The van der Waals surface area contributed by atoms with E-state index in [-0.39, 0.29) is 12.0 Å². The van der Waals surface area contributed by atoms with E-state index >= 15 is 0 Å². The summed E-state index contributed by atoms with van der Waals surface area (Å²) in [5, 5.41) is 6.60. The van der Waals surface area contributed by atoms with Crippen LogP contribution in [0.25, 0.3) is 0 Å². The Morgan fingerprint density at radius 3 is 2.47 bits per heavy atom. The number of nitrogens with one attached hydrogen (secondary N) is 1. The Bertz CT molecular complexity index is 315. The molecule has 15 heavy (non-hydrogen) atoms. The minimum Gasteiger partial charge on any atom is -0.330 e. The van der Waals surface area contributed by atoms with Gasteiger partial charge in [-0.25, -0.2) is 8.78 Å². The minimum atomic E-state index is -2.45. The van der Waals surface area contributed by atoms with Crippen LogP contribution in [0.2, 0.25) is 0 Å². The van der Waals surface area contributed by atoms with E-state index in [1.807, 2.05) is 20.8 Å². The molecule has 3 N–H and O–H groups in total. The SMILES string of the molecule is CC(C)(C)c1[nH]ncc1C(CN)C(F)F. The van der Waals surface area contributed by atoms with Crippen LogP contribution < -0.4 is 5.73 Å². The number of aromatic nitrogens is 2. The highest BCUT2D eigenvalue weighted by molar-refractivity contribution is 5.28. The summed E-state index contributed by atoms with van der Waals surface area (Å²) in [5.74, 6) is -0.932. The molecule has 1 heterocycles. The molecule has 0 fully saturated rings. The fraction of sp³-hybridized carbons (Fsp3) is 0.700. The van der Waals surface area contributed by atoms with Gasteiger partial charge in [0.15, 0.2) is 0 Å². The second-order valence-corrected chi connectivity index (χ2v) is 4.63. The van der Waals surface area contributed by atoms with E-state index in [1.54, 1.807) is 0 Å². The van der Waals surface area contributed by atoms with Crippen LogP contribution in [0.5, 0.6) is 0 Å². The van der Waals surface area contributed by atoms with Crippen LogP contribution in [-0.4, -0.2) is 23.2 Å². The molecule has 0 aliphatic rings. The topological polar surface area (TPSA) is 54.7 Å². The standard InChI is InChI=1S/C10H17F2N3/c1-10(2,3)8-7(5-14-15-8)6(4-13)9(11)12/h5-6,9H,4,13H2,1-3H3,(H,14,15). The van der Waals surface area contributed by atoms with Crippen LogP contribution >= 0.6 is 0 Å². The number of nitrogens with two attached hydrogens (primary N) is 1. The second-order valence-electron chi connectivity index (χ2n) is 4.63. The Hall–Kier alpha value is -0.970. The Morgan fingerprint density at radius 2 is 2.07 bits per heavy atom. The first-order valence-electron chi connectivity index (χ1n) is 4.90. The van der Waals surface area contributed by atoms with Gasteiger partial charge in [0.25, 0.3) is 0 Å². The summed E-state index contributed by atoms with van der Waals surface area (Å²) in [7, 11) is 0. The highest BCUT2D eigenvalue weighted by Crippen LogP contribution is 2.31. The zero-order chi connectivity index (χ0) is 11.6. The number of aromatic amines is 1. The minimum absolute atomic E-state index is 0.0692. The number of H-pyrrole nitrogens is 1. The predicted molar refractivity (Wildman–Crippen MR) is 55.1 cm³/mol. The van der Waals surface area contributed by atoms with Crippen LogP contribution in [0.15, 0.2) is 6.20 Å². The zero-order valence-corrected chi connectivity index (χ0v) is 9.22. The number of hydrogen-bond acceptors (Lipinski definition) is 2. The van der Waals surface area contributed by atoms with Gasteiger partial charge in [0.05, 0.1) is 12.1 Å². The quantitative estimate of drug-likeness (QED) is 0.813. The van der Waals surface area contributed by atoms with Gasteiger partial charge in [-0.15, -0.1) is 0 Å². The molecule has 86 valence electrons. The molecule has 1 rings (SSSR count). The molecule has 0 saturated heterocycles. The first-order chi connectivity index (χ1) is 6.88. The zero-order valence-electron chi connectivity index (χ0n) is 9.22. The first kappa shape index (κ1) is 12.1. The molecule has 0 aliphatic carbocycles. The summed E-state index contributed by atoms with van der Waals surface area (Å²) >= 11 is 0. The van der Waals surface area contributed by atoms with E-state index in [9.17, 15) is 8.78 Å².